The molecule has 1 aromatic heterocycles. The van der Waals surface area contributed by atoms with Crippen LogP contribution in [0.1, 0.15) is 11.1 Å². The van der Waals surface area contributed by atoms with E-state index in [9.17, 15) is 16.9 Å². The van der Waals surface area contributed by atoms with Crippen LogP contribution in [0.15, 0.2) is 156 Å². The second kappa shape index (κ2) is 12.1. The van der Waals surface area contributed by atoms with Crippen molar-refractivity contribution in [3.05, 3.63) is 157 Å². The van der Waals surface area contributed by atoms with Crippen molar-refractivity contribution in [3.63, 3.8) is 0 Å². The third-order valence-corrected chi connectivity index (χ3v) is 9.48. The molecule has 0 saturated carbocycles. The molecule has 2 heterocycles. The minimum absolute atomic E-state index is 1.21. The number of aryl methyl sites for hydroxylation is 2. The molecule has 0 saturated heterocycles. The third kappa shape index (κ3) is 7.77. The van der Waals surface area contributed by atoms with E-state index >= 15 is 0 Å². The molecule has 0 atom stereocenters. The first-order valence-corrected chi connectivity index (χ1v) is 22.4. The summed E-state index contributed by atoms with van der Waals surface area (Å²) in [6.07, 6.45) is 2.36. The molecule has 0 bridgehead atoms. The van der Waals surface area contributed by atoms with Crippen LogP contribution < -0.4 is 4.57 Å². The first-order valence-electron chi connectivity index (χ1n) is 15.8. The summed E-state index contributed by atoms with van der Waals surface area (Å²) in [5.74, 6) is 0. The van der Waals surface area contributed by atoms with E-state index in [0.717, 1.165) is 0 Å². The van der Waals surface area contributed by atoms with Gasteiger partial charge in [-0.3, -0.25) is 0 Å². The molecule has 6 aromatic carbocycles. The SMILES string of the molecule is Cc1cccc(-c2ccc3c(c2)Sc2cc(-c4cccc(C)c4)cc4c(-c5ccccc5)c(-c5ccccc5)c[n+]-3c24)c1.[F][Sb-]([F])([F])([F])([F])[F]. The Bertz CT molecular complexity index is 2400. The molecule has 50 heavy (non-hydrogen) atoms. The zero-order valence-electron chi connectivity index (χ0n) is 26.9. The van der Waals surface area contributed by atoms with Gasteiger partial charge < -0.3 is 0 Å². The number of hydrogen-bond donors (Lipinski definition) is 0. The van der Waals surface area contributed by atoms with Gasteiger partial charge in [-0.15, -0.1) is 0 Å². The molecule has 1 aliphatic rings. The fourth-order valence-corrected chi connectivity index (χ4v) is 7.56. The summed E-state index contributed by atoms with van der Waals surface area (Å²) in [7, 11) is 0. The average Bonchev–Trinajstić information content (AvgIpc) is 3.07. The Morgan fingerprint density at radius 1 is 0.480 bits per heavy atom. The number of aromatic nitrogens is 1. The Kier molecular flexibility index (Phi) is 8.19. The van der Waals surface area contributed by atoms with Crippen molar-refractivity contribution in [2.24, 2.45) is 0 Å². The van der Waals surface area contributed by atoms with Crippen LogP contribution in [0.25, 0.3) is 61.1 Å². The molecule has 7 aromatic rings. The van der Waals surface area contributed by atoms with Crippen LogP contribution in [0.5, 0.6) is 0 Å². The maximum absolute atomic E-state index is 11.2. The van der Waals surface area contributed by atoms with Gasteiger partial charge >= 0.3 is 36.4 Å². The molecule has 0 amide bonds. The van der Waals surface area contributed by atoms with Crippen LogP contribution in [0.4, 0.5) is 16.9 Å². The molecule has 0 unspecified atom stereocenters. The number of fused-ring (bicyclic) bond motifs is 2. The van der Waals surface area contributed by atoms with Crippen LogP contribution in [0.3, 0.4) is 0 Å². The Balaban J connectivity index is 0.000000510. The van der Waals surface area contributed by atoms with Crippen LogP contribution >= 0.6 is 11.8 Å². The number of hydrogen-bond acceptors (Lipinski definition) is 1. The first kappa shape index (κ1) is 34.0. The molecule has 8 rings (SSSR count). The normalized spacial score (nSPS) is 13.4. The van der Waals surface area contributed by atoms with E-state index in [1.54, 1.807) is 0 Å². The predicted octanol–water partition coefficient (Wildman–Crippen LogP) is 13.0. The molecular formula is C41H30F6NSSb. The van der Waals surface area contributed by atoms with Gasteiger partial charge in [-0.1, -0.05) is 132 Å². The van der Waals surface area contributed by atoms with E-state index in [2.05, 4.69) is 164 Å². The van der Waals surface area contributed by atoms with E-state index < -0.39 is 19.5 Å². The van der Waals surface area contributed by atoms with Crippen LogP contribution in [-0.4, -0.2) is 19.5 Å². The Hall–Kier alpha value is -4.52. The Labute approximate surface area is 292 Å². The van der Waals surface area contributed by atoms with Gasteiger partial charge in [-0.05, 0) is 71.5 Å². The topological polar surface area (TPSA) is 3.88 Å². The van der Waals surface area contributed by atoms with Crippen LogP contribution in [-0.2, 0) is 0 Å². The monoisotopic (exact) mass is 803 g/mol. The van der Waals surface area contributed by atoms with E-state index in [4.69, 9.17) is 0 Å². The van der Waals surface area contributed by atoms with Crippen molar-refractivity contribution in [1.29, 1.82) is 0 Å². The van der Waals surface area contributed by atoms with Gasteiger partial charge in [0.25, 0.3) is 0 Å². The van der Waals surface area contributed by atoms with Crippen molar-refractivity contribution >= 4 is 42.1 Å². The number of benzene rings is 6. The fraction of sp³-hybridized carbons (Fsp3) is 0.0488. The first-order chi connectivity index (χ1) is 23.6. The maximum atomic E-state index is 9.93. The van der Waals surface area contributed by atoms with Gasteiger partial charge in [0.05, 0.1) is 20.7 Å². The number of halogens is 6. The zero-order chi connectivity index (χ0) is 35.3. The summed E-state index contributed by atoms with van der Waals surface area (Å²) >= 11 is -9.36. The summed E-state index contributed by atoms with van der Waals surface area (Å²) < 4.78 is 62.0. The summed E-state index contributed by atoms with van der Waals surface area (Å²) in [6, 6.07) is 51.1. The summed E-state index contributed by atoms with van der Waals surface area (Å²) in [4.78, 5) is 2.55. The molecule has 0 spiro atoms. The molecule has 1 nitrogen and oxygen atoms in total. The van der Waals surface area contributed by atoms with Crippen molar-refractivity contribution in [2.75, 3.05) is 0 Å². The minimum atomic E-state index is -11.2. The van der Waals surface area contributed by atoms with Gasteiger partial charge in [-0.2, -0.15) is 4.57 Å². The molecular weight excluding hydrogens is 774 g/mol. The van der Waals surface area contributed by atoms with Crippen molar-refractivity contribution < 1.29 is 21.4 Å². The molecule has 9 heteroatoms. The number of nitrogens with zero attached hydrogens (tertiary/aromatic N) is 1. The quantitative estimate of drug-likeness (QED) is 0.0974. The van der Waals surface area contributed by atoms with Gasteiger partial charge in [0, 0.05) is 11.6 Å². The van der Waals surface area contributed by atoms with E-state index in [0.29, 0.717) is 0 Å². The second-order valence-corrected chi connectivity index (χ2v) is 18.9. The van der Waals surface area contributed by atoms with Crippen molar-refractivity contribution in [1.82, 2.24) is 0 Å². The third-order valence-electron chi connectivity index (χ3n) is 8.40. The van der Waals surface area contributed by atoms with E-state index in [1.807, 2.05) is 11.8 Å². The van der Waals surface area contributed by atoms with Gasteiger partial charge in [0.15, 0.2) is 6.20 Å². The molecule has 0 fully saturated rings. The van der Waals surface area contributed by atoms with E-state index in [-0.39, 0.29) is 0 Å². The predicted molar refractivity (Wildman–Crippen MR) is 193 cm³/mol. The number of pyridine rings is 1. The Morgan fingerprint density at radius 3 is 1.56 bits per heavy atom. The van der Waals surface area contributed by atoms with Crippen LogP contribution in [0, 0.1) is 13.8 Å². The van der Waals surface area contributed by atoms with E-state index in [1.165, 1.54) is 82.0 Å². The summed E-state index contributed by atoms with van der Waals surface area (Å²) in [5.41, 5.74) is 14.9. The number of rotatable bonds is 4. The van der Waals surface area contributed by atoms with Crippen LogP contribution in [0.2, 0.25) is 0 Å². The van der Waals surface area contributed by atoms with Gasteiger partial charge in [0.1, 0.15) is 0 Å². The summed E-state index contributed by atoms with van der Waals surface area (Å²) in [6.45, 7) is 4.33. The zero-order valence-corrected chi connectivity index (χ0v) is 30.3. The Morgan fingerprint density at radius 2 is 0.980 bits per heavy atom. The average molecular weight is 805 g/mol. The molecule has 0 aliphatic carbocycles. The molecule has 0 radical (unpaired) electrons. The molecule has 1 aliphatic heterocycles. The van der Waals surface area contributed by atoms with Crippen molar-refractivity contribution in [3.8, 4) is 50.2 Å². The fourth-order valence-electron chi connectivity index (χ4n) is 6.38. The standard InChI is InChI=1S/C41H30NS.6FH.Sb/c1-27-11-9-17-31(21-27)33-19-20-37-38(24-33)43-39-25-34(32-18-10-12-28(2)22-32)23-35-40(30-15-7-4-8-16-30)36(26-42(37)41(35)39)29-13-5-3-6-14-29;;;;;;;/h3-26H,1-2H3;6*1H;/q+1;;;;;;;+5/p-6. The molecule has 252 valence electrons. The molecule has 0 N–H and O–H groups in total. The second-order valence-electron chi connectivity index (χ2n) is 12.4. The van der Waals surface area contributed by atoms with Crippen molar-refractivity contribution in [2.45, 2.75) is 23.6 Å². The van der Waals surface area contributed by atoms with Gasteiger partial charge in [-0.25, -0.2) is 0 Å². The van der Waals surface area contributed by atoms with Gasteiger partial charge in [0.2, 0.25) is 11.2 Å². The summed E-state index contributed by atoms with van der Waals surface area (Å²) in [5, 5.41) is 1.27.